The molecule has 0 bridgehead atoms. The molecule has 94 valence electrons. The molecule has 0 fully saturated rings. The van der Waals surface area contributed by atoms with E-state index in [0.717, 1.165) is 16.1 Å². The molecular weight excluding hydrogens is 244 g/mol. The molecule has 4 heteroatoms. The van der Waals surface area contributed by atoms with Crippen LogP contribution in [0, 0.1) is 11.3 Å². The van der Waals surface area contributed by atoms with Gasteiger partial charge in [-0.15, -0.1) is 11.8 Å². The molecule has 1 amide bonds. The summed E-state index contributed by atoms with van der Waals surface area (Å²) >= 11 is 1.49. The minimum Gasteiger partial charge on any atom is -0.324 e. The van der Waals surface area contributed by atoms with Crippen LogP contribution in [0.25, 0.3) is 0 Å². The van der Waals surface area contributed by atoms with Crippen LogP contribution in [-0.2, 0) is 10.2 Å². The summed E-state index contributed by atoms with van der Waals surface area (Å²) in [6, 6.07) is 8.11. The number of nitrogens with one attached hydrogen (secondary N) is 1. The van der Waals surface area contributed by atoms with E-state index in [1.807, 2.05) is 18.2 Å². The summed E-state index contributed by atoms with van der Waals surface area (Å²) in [5.41, 5.74) is 2.03. The van der Waals surface area contributed by atoms with Crippen LogP contribution in [0.4, 0.5) is 5.69 Å². The molecule has 0 aromatic heterocycles. The van der Waals surface area contributed by atoms with Crippen molar-refractivity contribution in [3.63, 3.8) is 0 Å². The highest BCUT2D eigenvalue weighted by Crippen LogP contribution is 2.42. The fourth-order valence-electron chi connectivity index (χ4n) is 2.01. The zero-order chi connectivity index (χ0) is 13.3. The topological polar surface area (TPSA) is 52.9 Å². The molecule has 1 heterocycles. The quantitative estimate of drug-likeness (QED) is 0.842. The molecule has 0 spiro atoms. The molecule has 1 unspecified atom stereocenters. The first-order chi connectivity index (χ1) is 8.43. The Morgan fingerprint density at radius 2 is 2.17 bits per heavy atom. The van der Waals surface area contributed by atoms with Crippen molar-refractivity contribution in [3.8, 4) is 6.07 Å². The third-order valence-corrected chi connectivity index (χ3v) is 4.18. The Morgan fingerprint density at radius 3 is 2.78 bits per heavy atom. The number of benzene rings is 1. The second-order valence-corrected chi connectivity index (χ2v) is 6.63. The maximum Gasteiger partial charge on any atom is 0.238 e. The molecule has 18 heavy (non-hydrogen) atoms. The van der Waals surface area contributed by atoms with Crippen molar-refractivity contribution in [2.45, 2.75) is 42.8 Å². The summed E-state index contributed by atoms with van der Waals surface area (Å²) in [6.07, 6.45) is 0.246. The van der Waals surface area contributed by atoms with Crippen molar-refractivity contribution in [1.82, 2.24) is 0 Å². The van der Waals surface area contributed by atoms with E-state index in [9.17, 15) is 4.79 Å². The predicted octanol–water partition coefficient (Wildman–Crippen LogP) is 3.31. The largest absolute Gasteiger partial charge is 0.324 e. The van der Waals surface area contributed by atoms with Gasteiger partial charge in [-0.1, -0.05) is 32.9 Å². The first kappa shape index (κ1) is 13.0. The van der Waals surface area contributed by atoms with Crippen LogP contribution >= 0.6 is 11.8 Å². The summed E-state index contributed by atoms with van der Waals surface area (Å²) in [5.74, 6) is -0.0641. The SMILES string of the molecule is CC(C)(C)c1cccc2c1NC(=O)C(CC#N)S2. The van der Waals surface area contributed by atoms with Gasteiger partial charge >= 0.3 is 0 Å². The summed E-state index contributed by atoms with van der Waals surface area (Å²) in [5, 5.41) is 11.4. The maximum atomic E-state index is 11.9. The number of fused-ring (bicyclic) bond motifs is 1. The van der Waals surface area contributed by atoms with Crippen molar-refractivity contribution in [2.24, 2.45) is 0 Å². The van der Waals surface area contributed by atoms with E-state index >= 15 is 0 Å². The van der Waals surface area contributed by atoms with Gasteiger partial charge in [-0.25, -0.2) is 0 Å². The number of anilines is 1. The number of carbonyl (C=O) groups excluding carboxylic acids is 1. The monoisotopic (exact) mass is 260 g/mol. The molecule has 1 aromatic carbocycles. The Balaban J connectivity index is 2.43. The predicted molar refractivity (Wildman–Crippen MR) is 73.6 cm³/mol. The van der Waals surface area contributed by atoms with E-state index in [1.165, 1.54) is 11.8 Å². The highest BCUT2D eigenvalue weighted by atomic mass is 32.2. The van der Waals surface area contributed by atoms with Gasteiger partial charge in [0.2, 0.25) is 5.91 Å². The molecule has 1 aliphatic heterocycles. The minimum absolute atomic E-state index is 0.0127. The summed E-state index contributed by atoms with van der Waals surface area (Å²) in [7, 11) is 0. The number of amides is 1. The van der Waals surface area contributed by atoms with Crippen LogP contribution in [0.3, 0.4) is 0 Å². The molecular formula is C14H16N2OS. The average molecular weight is 260 g/mol. The number of para-hydroxylation sites is 1. The number of hydrogen-bond acceptors (Lipinski definition) is 3. The highest BCUT2D eigenvalue weighted by Gasteiger charge is 2.30. The lowest BCUT2D eigenvalue weighted by Gasteiger charge is -2.29. The third-order valence-electron chi connectivity index (χ3n) is 2.92. The number of nitriles is 1. The van der Waals surface area contributed by atoms with Crippen molar-refractivity contribution in [2.75, 3.05) is 5.32 Å². The van der Waals surface area contributed by atoms with Gasteiger partial charge in [0.1, 0.15) is 5.25 Å². The van der Waals surface area contributed by atoms with Crippen molar-refractivity contribution in [1.29, 1.82) is 5.26 Å². The molecule has 0 saturated heterocycles. The van der Waals surface area contributed by atoms with E-state index in [4.69, 9.17) is 5.26 Å². The molecule has 0 aliphatic carbocycles. The lowest BCUT2D eigenvalue weighted by molar-refractivity contribution is -0.115. The fourth-order valence-corrected chi connectivity index (χ4v) is 3.08. The Bertz CT molecular complexity index is 526. The number of rotatable bonds is 1. The van der Waals surface area contributed by atoms with E-state index in [-0.39, 0.29) is 23.0 Å². The normalized spacial score (nSPS) is 18.8. The first-order valence-corrected chi connectivity index (χ1v) is 6.79. The van der Waals surface area contributed by atoms with Crippen LogP contribution in [0.5, 0.6) is 0 Å². The smallest absolute Gasteiger partial charge is 0.238 e. The van der Waals surface area contributed by atoms with Gasteiger partial charge in [-0.2, -0.15) is 5.26 Å². The molecule has 0 radical (unpaired) electrons. The van der Waals surface area contributed by atoms with Crippen LogP contribution in [0.1, 0.15) is 32.8 Å². The van der Waals surface area contributed by atoms with Crippen molar-refractivity contribution in [3.05, 3.63) is 23.8 Å². The molecule has 2 rings (SSSR count). The Kier molecular flexibility index (Phi) is 3.36. The molecule has 0 saturated carbocycles. The zero-order valence-corrected chi connectivity index (χ0v) is 11.6. The Hall–Kier alpha value is -1.47. The lowest BCUT2D eigenvalue weighted by atomic mass is 9.85. The molecule has 3 nitrogen and oxygen atoms in total. The second kappa shape index (κ2) is 4.66. The van der Waals surface area contributed by atoms with E-state index in [0.29, 0.717) is 0 Å². The minimum atomic E-state index is -0.294. The second-order valence-electron chi connectivity index (χ2n) is 5.39. The van der Waals surface area contributed by atoms with Crippen LogP contribution in [0.15, 0.2) is 23.1 Å². The van der Waals surface area contributed by atoms with Crippen LogP contribution in [0.2, 0.25) is 0 Å². The summed E-state index contributed by atoms with van der Waals surface area (Å²) in [6.45, 7) is 6.38. The number of nitrogens with zero attached hydrogens (tertiary/aromatic N) is 1. The first-order valence-electron chi connectivity index (χ1n) is 5.91. The highest BCUT2D eigenvalue weighted by molar-refractivity contribution is 8.01. The van der Waals surface area contributed by atoms with Crippen molar-refractivity contribution >= 4 is 23.4 Å². The molecule has 1 atom stereocenters. The standard InChI is InChI=1S/C14H16N2OS/c1-14(2,3)9-5-4-6-10-12(9)16-13(17)11(18-10)7-8-15/h4-6,11H,7H2,1-3H3,(H,16,17). The van der Waals surface area contributed by atoms with E-state index < -0.39 is 0 Å². The van der Waals surface area contributed by atoms with E-state index in [1.54, 1.807) is 0 Å². The van der Waals surface area contributed by atoms with Crippen molar-refractivity contribution < 1.29 is 4.79 Å². The molecule has 1 N–H and O–H groups in total. The van der Waals surface area contributed by atoms with Gasteiger partial charge in [0.25, 0.3) is 0 Å². The molecule has 1 aromatic rings. The van der Waals surface area contributed by atoms with E-state index in [2.05, 4.69) is 32.2 Å². The molecule has 1 aliphatic rings. The zero-order valence-electron chi connectivity index (χ0n) is 10.8. The van der Waals surface area contributed by atoms with Crippen LogP contribution < -0.4 is 5.32 Å². The van der Waals surface area contributed by atoms with Crippen LogP contribution in [-0.4, -0.2) is 11.2 Å². The Morgan fingerprint density at radius 1 is 1.44 bits per heavy atom. The average Bonchev–Trinajstić information content (AvgIpc) is 2.28. The van der Waals surface area contributed by atoms with Gasteiger partial charge in [0.05, 0.1) is 18.2 Å². The fraction of sp³-hybridized carbons (Fsp3) is 0.429. The lowest BCUT2D eigenvalue weighted by Crippen LogP contribution is -2.30. The van der Waals surface area contributed by atoms with Gasteiger partial charge in [0, 0.05) is 4.90 Å². The number of carbonyl (C=O) groups is 1. The van der Waals surface area contributed by atoms with Gasteiger partial charge in [0.15, 0.2) is 0 Å². The summed E-state index contributed by atoms with van der Waals surface area (Å²) < 4.78 is 0. The van der Waals surface area contributed by atoms with Gasteiger partial charge < -0.3 is 5.32 Å². The third kappa shape index (κ3) is 2.37. The maximum absolute atomic E-state index is 11.9. The van der Waals surface area contributed by atoms with Gasteiger partial charge in [-0.05, 0) is 17.0 Å². The number of thioether (sulfide) groups is 1. The summed E-state index contributed by atoms with van der Waals surface area (Å²) in [4.78, 5) is 13.0. The van der Waals surface area contributed by atoms with Gasteiger partial charge in [-0.3, -0.25) is 4.79 Å². The number of hydrogen-bond donors (Lipinski definition) is 1. The Labute approximate surface area is 112 Å².